The van der Waals surface area contributed by atoms with Crippen molar-refractivity contribution >= 4 is 34.6 Å². The van der Waals surface area contributed by atoms with Crippen LogP contribution in [0.1, 0.15) is 33.5 Å². The zero-order chi connectivity index (χ0) is 21.1. The molecule has 1 aliphatic heterocycles. The normalized spacial score (nSPS) is 15.7. The van der Waals surface area contributed by atoms with Gasteiger partial charge in [0.2, 0.25) is 0 Å². The number of rotatable bonds is 6. The fraction of sp³-hybridized carbons (Fsp3) is 0.150. The highest BCUT2D eigenvalue weighted by atomic mass is 32.1. The summed E-state index contributed by atoms with van der Waals surface area (Å²) in [4.78, 5) is 36.2. The smallest absolute Gasteiger partial charge is 0.338 e. The molecule has 4 rings (SSSR count). The fourth-order valence-corrected chi connectivity index (χ4v) is 3.78. The molecule has 1 atom stereocenters. The number of furan rings is 1. The second kappa shape index (κ2) is 8.29. The fourth-order valence-electron chi connectivity index (χ4n) is 3.06. The van der Waals surface area contributed by atoms with Gasteiger partial charge in [-0.1, -0.05) is 12.1 Å². The Morgan fingerprint density at radius 3 is 2.83 bits per heavy atom. The lowest BCUT2D eigenvalue weighted by Gasteiger charge is -2.19. The third kappa shape index (κ3) is 3.98. The number of hydrazone groups is 1. The minimum Gasteiger partial charge on any atom is -0.467 e. The average Bonchev–Trinajstić information content (AvgIpc) is 3.52. The van der Waals surface area contributed by atoms with Crippen molar-refractivity contribution in [2.75, 3.05) is 6.61 Å². The van der Waals surface area contributed by atoms with Gasteiger partial charge in [0.15, 0.2) is 6.61 Å². The summed E-state index contributed by atoms with van der Waals surface area (Å²) in [5.74, 6) is -0.784. The Labute approximate surface area is 174 Å². The topological polar surface area (TPSA) is 115 Å². The van der Waals surface area contributed by atoms with Gasteiger partial charge in [-0.25, -0.2) is 9.80 Å². The lowest BCUT2D eigenvalue weighted by Crippen LogP contribution is -2.31. The number of nitro groups is 1. The summed E-state index contributed by atoms with van der Waals surface area (Å²) in [7, 11) is 0. The third-order valence-corrected chi connectivity index (χ3v) is 5.38. The molecule has 0 aliphatic carbocycles. The van der Waals surface area contributed by atoms with E-state index in [1.165, 1.54) is 40.8 Å². The summed E-state index contributed by atoms with van der Waals surface area (Å²) in [5, 5.41) is 18.5. The van der Waals surface area contributed by atoms with Crippen LogP contribution in [0.4, 0.5) is 5.69 Å². The average molecular weight is 425 g/mol. The minimum absolute atomic E-state index is 0.0104. The largest absolute Gasteiger partial charge is 0.467 e. The lowest BCUT2D eigenvalue weighted by molar-refractivity contribution is -0.384. The zero-order valence-electron chi connectivity index (χ0n) is 15.5. The van der Waals surface area contributed by atoms with Crippen LogP contribution in [0.5, 0.6) is 0 Å². The van der Waals surface area contributed by atoms with Crippen molar-refractivity contribution in [2.45, 2.75) is 12.5 Å². The Bertz CT molecular complexity index is 1110. The SMILES string of the molecule is O=C(OCC(=O)N1N=C(c2cccs2)CC1c1ccco1)c1cccc([N+](=O)[O-])c1. The first kappa shape index (κ1) is 19.5. The summed E-state index contributed by atoms with van der Waals surface area (Å²) in [6.07, 6.45) is 1.99. The van der Waals surface area contributed by atoms with Crippen LogP contribution in [0, 0.1) is 10.1 Å². The highest BCUT2D eigenvalue weighted by Gasteiger charge is 2.35. The monoisotopic (exact) mass is 425 g/mol. The van der Waals surface area contributed by atoms with Crippen LogP contribution < -0.4 is 0 Å². The molecule has 0 bridgehead atoms. The standard InChI is InChI=1S/C20H15N3O6S/c24-19(12-29-20(25)13-4-1-5-14(10-13)23(26)27)22-16(17-6-2-8-28-17)11-15(21-22)18-7-3-9-30-18/h1-10,16H,11-12H2. The van der Waals surface area contributed by atoms with E-state index in [4.69, 9.17) is 9.15 Å². The summed E-state index contributed by atoms with van der Waals surface area (Å²) in [6.45, 7) is -0.556. The highest BCUT2D eigenvalue weighted by molar-refractivity contribution is 7.12. The molecule has 9 nitrogen and oxygen atoms in total. The van der Waals surface area contributed by atoms with E-state index in [2.05, 4.69) is 5.10 Å². The molecular formula is C20H15N3O6S. The second-order valence-electron chi connectivity index (χ2n) is 6.38. The van der Waals surface area contributed by atoms with E-state index in [1.54, 1.807) is 12.1 Å². The first-order valence-corrected chi connectivity index (χ1v) is 9.79. The van der Waals surface area contributed by atoms with E-state index in [0.717, 1.165) is 16.7 Å². The molecule has 0 spiro atoms. The molecule has 1 amide bonds. The summed E-state index contributed by atoms with van der Waals surface area (Å²) in [6, 6.07) is 12.0. The van der Waals surface area contributed by atoms with Crippen molar-refractivity contribution in [2.24, 2.45) is 5.10 Å². The van der Waals surface area contributed by atoms with E-state index >= 15 is 0 Å². The van der Waals surface area contributed by atoms with Crippen LogP contribution in [0.3, 0.4) is 0 Å². The first-order chi connectivity index (χ1) is 14.5. The number of carbonyl (C=O) groups excluding carboxylic acids is 2. The number of nitrogens with zero attached hydrogens (tertiary/aromatic N) is 3. The van der Waals surface area contributed by atoms with Gasteiger partial charge in [0.05, 0.1) is 27.3 Å². The molecule has 10 heteroatoms. The van der Waals surface area contributed by atoms with Crippen LogP contribution in [0.15, 0.2) is 69.7 Å². The Morgan fingerprint density at radius 2 is 2.13 bits per heavy atom. The maximum atomic E-state index is 12.8. The third-order valence-electron chi connectivity index (χ3n) is 4.46. The molecule has 0 radical (unpaired) electrons. The molecular weight excluding hydrogens is 410 g/mol. The molecule has 1 aliphatic rings. The van der Waals surface area contributed by atoms with Gasteiger partial charge in [0.1, 0.15) is 11.8 Å². The van der Waals surface area contributed by atoms with Gasteiger partial charge in [-0.3, -0.25) is 14.9 Å². The molecule has 0 saturated heterocycles. The zero-order valence-corrected chi connectivity index (χ0v) is 16.3. The van der Waals surface area contributed by atoms with Crippen LogP contribution in [0.2, 0.25) is 0 Å². The van der Waals surface area contributed by atoms with E-state index < -0.39 is 29.4 Å². The predicted octanol–water partition coefficient (Wildman–Crippen LogP) is 3.78. The first-order valence-electron chi connectivity index (χ1n) is 8.91. The number of carbonyl (C=O) groups is 2. The molecule has 3 aromatic rings. The van der Waals surface area contributed by atoms with Crippen molar-refractivity contribution in [3.8, 4) is 0 Å². The number of esters is 1. The molecule has 152 valence electrons. The predicted molar refractivity (Wildman–Crippen MR) is 107 cm³/mol. The maximum absolute atomic E-state index is 12.8. The number of hydrogen-bond acceptors (Lipinski definition) is 8. The summed E-state index contributed by atoms with van der Waals surface area (Å²) >= 11 is 1.51. The number of thiophene rings is 1. The van der Waals surface area contributed by atoms with Crippen LogP contribution in [-0.4, -0.2) is 34.1 Å². The van der Waals surface area contributed by atoms with Crippen molar-refractivity contribution in [3.05, 3.63) is 86.5 Å². The quantitative estimate of drug-likeness (QED) is 0.337. The van der Waals surface area contributed by atoms with Crippen LogP contribution in [0.25, 0.3) is 0 Å². The van der Waals surface area contributed by atoms with E-state index in [0.29, 0.717) is 12.2 Å². The molecule has 1 unspecified atom stereocenters. The Balaban J connectivity index is 1.48. The molecule has 0 saturated carbocycles. The molecule has 30 heavy (non-hydrogen) atoms. The Kier molecular flexibility index (Phi) is 5.40. The van der Waals surface area contributed by atoms with Gasteiger partial charge in [-0.2, -0.15) is 5.10 Å². The van der Waals surface area contributed by atoms with Crippen molar-refractivity contribution < 1.29 is 23.7 Å². The Morgan fingerprint density at radius 1 is 1.27 bits per heavy atom. The summed E-state index contributed by atoms with van der Waals surface area (Å²) in [5.41, 5.74) is 0.493. The number of non-ortho nitro benzene ring substituents is 1. The van der Waals surface area contributed by atoms with Crippen molar-refractivity contribution in [3.63, 3.8) is 0 Å². The Hall–Kier alpha value is -3.79. The molecule has 0 N–H and O–H groups in total. The van der Waals surface area contributed by atoms with Gasteiger partial charge in [-0.05, 0) is 29.6 Å². The second-order valence-corrected chi connectivity index (χ2v) is 7.33. The molecule has 3 heterocycles. The van der Waals surface area contributed by atoms with E-state index in [-0.39, 0.29) is 11.3 Å². The van der Waals surface area contributed by atoms with Crippen LogP contribution in [-0.2, 0) is 9.53 Å². The van der Waals surface area contributed by atoms with Gasteiger partial charge >= 0.3 is 5.97 Å². The van der Waals surface area contributed by atoms with Gasteiger partial charge in [0, 0.05) is 18.6 Å². The van der Waals surface area contributed by atoms with Crippen molar-refractivity contribution in [1.82, 2.24) is 5.01 Å². The van der Waals surface area contributed by atoms with E-state index in [9.17, 15) is 19.7 Å². The number of amides is 1. The number of nitro benzene ring substituents is 1. The number of hydrogen-bond donors (Lipinski definition) is 0. The van der Waals surface area contributed by atoms with E-state index in [1.807, 2.05) is 17.5 Å². The molecule has 1 aromatic carbocycles. The van der Waals surface area contributed by atoms with Gasteiger partial charge < -0.3 is 9.15 Å². The lowest BCUT2D eigenvalue weighted by atomic mass is 10.1. The van der Waals surface area contributed by atoms with Crippen molar-refractivity contribution in [1.29, 1.82) is 0 Å². The minimum atomic E-state index is -0.830. The maximum Gasteiger partial charge on any atom is 0.338 e. The summed E-state index contributed by atoms with van der Waals surface area (Å²) < 4.78 is 10.5. The number of benzene rings is 1. The van der Waals surface area contributed by atoms with Crippen LogP contribution >= 0.6 is 11.3 Å². The number of ether oxygens (including phenoxy) is 1. The van der Waals surface area contributed by atoms with Gasteiger partial charge in [-0.15, -0.1) is 11.3 Å². The highest BCUT2D eigenvalue weighted by Crippen LogP contribution is 2.34. The molecule has 2 aromatic heterocycles. The molecule has 0 fully saturated rings. The van der Waals surface area contributed by atoms with Gasteiger partial charge in [0.25, 0.3) is 11.6 Å².